The Balaban J connectivity index is 2.15. The van der Waals surface area contributed by atoms with E-state index in [9.17, 15) is 18.0 Å². The van der Waals surface area contributed by atoms with Crippen LogP contribution in [-0.2, 0) is 11.0 Å². The normalized spacial score (nSPS) is 11.6. The predicted octanol–water partition coefficient (Wildman–Crippen LogP) is 5.23. The number of halogens is 4. The first kappa shape index (κ1) is 19.5. The Morgan fingerprint density at radius 1 is 1.23 bits per heavy atom. The van der Waals surface area contributed by atoms with Gasteiger partial charge in [0, 0.05) is 16.4 Å². The number of amides is 1. The van der Waals surface area contributed by atoms with E-state index in [0.717, 1.165) is 22.2 Å². The lowest BCUT2D eigenvalue weighted by Gasteiger charge is -2.10. The van der Waals surface area contributed by atoms with Crippen LogP contribution >= 0.6 is 15.9 Å². The smallest absolute Gasteiger partial charge is 0.359 e. The number of carbonyl (C=O) groups excluding carboxylic acids is 1. The molecule has 0 radical (unpaired) electrons. The summed E-state index contributed by atoms with van der Waals surface area (Å²) in [6.45, 7) is 1.91. The zero-order valence-electron chi connectivity index (χ0n) is 13.5. The number of rotatable bonds is 4. The van der Waals surface area contributed by atoms with Gasteiger partial charge in [-0.05, 0) is 58.7 Å². The number of benzene rings is 2. The molecule has 0 heterocycles. The number of nitrogens with zero attached hydrogens (tertiary/aromatic N) is 1. The summed E-state index contributed by atoms with van der Waals surface area (Å²) in [5, 5.41) is 14.2. The van der Waals surface area contributed by atoms with Crippen molar-refractivity contribution in [2.45, 2.75) is 13.1 Å². The lowest BCUT2D eigenvalue weighted by Crippen LogP contribution is -2.15. The molecule has 134 valence electrons. The largest absolute Gasteiger partial charge is 0.416 e. The Morgan fingerprint density at radius 2 is 1.96 bits per heavy atom. The summed E-state index contributed by atoms with van der Waals surface area (Å²) in [4.78, 5) is 12.1. The van der Waals surface area contributed by atoms with E-state index in [1.165, 1.54) is 18.3 Å². The standard InChI is InChI=1S/C18H13BrF3N3O/c1-11-5-6-16(15(19)7-11)24-10-12(9-23)17(26)25-14-4-2-3-13(8-14)18(20,21)22/h2-8,10,24H,1H3,(H,25,26)/b12-10-. The Kier molecular flexibility index (Phi) is 6.05. The highest BCUT2D eigenvalue weighted by Gasteiger charge is 2.30. The molecule has 2 rings (SSSR count). The van der Waals surface area contributed by atoms with Gasteiger partial charge in [-0.3, -0.25) is 4.79 Å². The highest BCUT2D eigenvalue weighted by Crippen LogP contribution is 2.30. The first-order valence-corrected chi connectivity index (χ1v) is 8.11. The third-order valence-corrected chi connectivity index (χ3v) is 3.97. The number of alkyl halides is 3. The minimum Gasteiger partial charge on any atom is -0.359 e. The number of hydrogen-bond donors (Lipinski definition) is 2. The summed E-state index contributed by atoms with van der Waals surface area (Å²) in [5.41, 5.74) is 0.432. The van der Waals surface area contributed by atoms with Gasteiger partial charge < -0.3 is 10.6 Å². The number of hydrogen-bond acceptors (Lipinski definition) is 3. The van der Waals surface area contributed by atoms with Crippen molar-refractivity contribution in [1.29, 1.82) is 5.26 Å². The van der Waals surface area contributed by atoms with Crippen LogP contribution in [0.4, 0.5) is 24.5 Å². The maximum atomic E-state index is 12.7. The SMILES string of the molecule is Cc1ccc(N/C=C(/C#N)C(=O)Nc2cccc(C(F)(F)F)c2)c(Br)c1. The quantitative estimate of drug-likeness (QED) is 0.522. The molecule has 0 spiro atoms. The Labute approximate surface area is 156 Å². The molecule has 2 aromatic rings. The van der Waals surface area contributed by atoms with Crippen molar-refractivity contribution in [2.75, 3.05) is 10.6 Å². The summed E-state index contributed by atoms with van der Waals surface area (Å²) in [5.74, 6) is -0.817. The van der Waals surface area contributed by atoms with Gasteiger partial charge in [0.05, 0.1) is 11.3 Å². The van der Waals surface area contributed by atoms with Gasteiger partial charge in [0.2, 0.25) is 0 Å². The molecule has 0 saturated heterocycles. The van der Waals surface area contributed by atoms with E-state index in [1.54, 1.807) is 12.1 Å². The van der Waals surface area contributed by atoms with Crippen molar-refractivity contribution in [3.05, 3.63) is 69.8 Å². The zero-order chi connectivity index (χ0) is 19.3. The minimum absolute atomic E-state index is 0.0532. The van der Waals surface area contributed by atoms with Crippen molar-refractivity contribution in [3.63, 3.8) is 0 Å². The van der Waals surface area contributed by atoms with Crippen LogP contribution in [0.25, 0.3) is 0 Å². The highest BCUT2D eigenvalue weighted by molar-refractivity contribution is 9.10. The molecule has 0 aliphatic carbocycles. The van der Waals surface area contributed by atoms with E-state index < -0.39 is 17.6 Å². The van der Waals surface area contributed by atoms with Crippen LogP contribution in [-0.4, -0.2) is 5.91 Å². The highest BCUT2D eigenvalue weighted by atomic mass is 79.9. The van der Waals surface area contributed by atoms with Crippen LogP contribution in [0.15, 0.2) is 58.7 Å². The average molecular weight is 424 g/mol. The second-order valence-corrected chi connectivity index (χ2v) is 6.18. The monoisotopic (exact) mass is 423 g/mol. The van der Waals surface area contributed by atoms with Crippen LogP contribution < -0.4 is 10.6 Å². The van der Waals surface area contributed by atoms with Crippen molar-refractivity contribution in [2.24, 2.45) is 0 Å². The van der Waals surface area contributed by atoms with Crippen molar-refractivity contribution >= 4 is 33.2 Å². The number of nitrogens with one attached hydrogen (secondary N) is 2. The Bertz CT molecular complexity index is 901. The maximum absolute atomic E-state index is 12.7. The summed E-state index contributed by atoms with van der Waals surface area (Å²) in [7, 11) is 0. The number of nitriles is 1. The van der Waals surface area contributed by atoms with Gasteiger partial charge in [0.25, 0.3) is 5.91 Å². The fourth-order valence-electron chi connectivity index (χ4n) is 2.01. The summed E-state index contributed by atoms with van der Waals surface area (Å²) in [6, 6.07) is 11.4. The molecule has 4 nitrogen and oxygen atoms in total. The van der Waals surface area contributed by atoms with E-state index in [1.807, 2.05) is 19.1 Å². The van der Waals surface area contributed by atoms with Crippen LogP contribution in [0.1, 0.15) is 11.1 Å². The fraction of sp³-hybridized carbons (Fsp3) is 0.111. The molecule has 2 N–H and O–H groups in total. The number of aryl methyl sites for hydroxylation is 1. The number of carbonyl (C=O) groups is 1. The van der Waals surface area contributed by atoms with Gasteiger partial charge in [-0.25, -0.2) is 0 Å². The third kappa shape index (κ3) is 5.10. The summed E-state index contributed by atoms with van der Waals surface area (Å²) < 4.78 is 38.9. The van der Waals surface area contributed by atoms with Crippen molar-refractivity contribution in [1.82, 2.24) is 0 Å². The topological polar surface area (TPSA) is 64.9 Å². The molecule has 0 atom stereocenters. The van der Waals surface area contributed by atoms with E-state index >= 15 is 0 Å². The van der Waals surface area contributed by atoms with Crippen molar-refractivity contribution < 1.29 is 18.0 Å². The predicted molar refractivity (Wildman–Crippen MR) is 96.3 cm³/mol. The molecular formula is C18H13BrF3N3O. The van der Waals surface area contributed by atoms with Crippen LogP contribution in [0.2, 0.25) is 0 Å². The van der Waals surface area contributed by atoms with Crippen LogP contribution in [0, 0.1) is 18.3 Å². The summed E-state index contributed by atoms with van der Waals surface area (Å²) in [6.07, 6.45) is -3.33. The second-order valence-electron chi connectivity index (χ2n) is 5.33. The molecule has 0 bridgehead atoms. The molecular weight excluding hydrogens is 411 g/mol. The molecule has 1 amide bonds. The van der Waals surface area contributed by atoms with E-state index in [-0.39, 0.29) is 11.3 Å². The lowest BCUT2D eigenvalue weighted by molar-refractivity contribution is -0.137. The molecule has 0 fully saturated rings. The van der Waals surface area contributed by atoms with Gasteiger partial charge in [0.1, 0.15) is 11.6 Å². The molecule has 0 aromatic heterocycles. The van der Waals surface area contributed by atoms with Crippen LogP contribution in [0.5, 0.6) is 0 Å². The maximum Gasteiger partial charge on any atom is 0.416 e. The van der Waals surface area contributed by atoms with E-state index in [4.69, 9.17) is 5.26 Å². The zero-order valence-corrected chi connectivity index (χ0v) is 15.1. The molecule has 26 heavy (non-hydrogen) atoms. The van der Waals surface area contributed by atoms with Gasteiger partial charge in [-0.1, -0.05) is 12.1 Å². The fourth-order valence-corrected chi connectivity index (χ4v) is 2.62. The molecule has 8 heteroatoms. The van der Waals surface area contributed by atoms with Gasteiger partial charge in [0.15, 0.2) is 0 Å². The van der Waals surface area contributed by atoms with Gasteiger partial charge in [-0.15, -0.1) is 0 Å². The average Bonchev–Trinajstić information content (AvgIpc) is 2.56. The molecule has 2 aromatic carbocycles. The molecule has 0 saturated carbocycles. The molecule has 0 aliphatic rings. The lowest BCUT2D eigenvalue weighted by atomic mass is 10.2. The second kappa shape index (κ2) is 8.06. The first-order chi connectivity index (χ1) is 12.2. The van der Waals surface area contributed by atoms with E-state index in [2.05, 4.69) is 26.6 Å². The number of anilines is 2. The van der Waals surface area contributed by atoms with Crippen molar-refractivity contribution in [3.8, 4) is 6.07 Å². The van der Waals surface area contributed by atoms with Gasteiger partial charge >= 0.3 is 6.18 Å². The molecule has 0 unspecified atom stereocenters. The first-order valence-electron chi connectivity index (χ1n) is 7.32. The van der Waals surface area contributed by atoms with Crippen LogP contribution in [0.3, 0.4) is 0 Å². The molecule has 0 aliphatic heterocycles. The Hall–Kier alpha value is -2.79. The minimum atomic E-state index is -4.52. The summed E-state index contributed by atoms with van der Waals surface area (Å²) >= 11 is 3.35. The van der Waals surface area contributed by atoms with E-state index in [0.29, 0.717) is 5.69 Å². The third-order valence-electron chi connectivity index (χ3n) is 3.31. The van der Waals surface area contributed by atoms with Gasteiger partial charge in [-0.2, -0.15) is 18.4 Å². The Morgan fingerprint density at radius 3 is 2.58 bits per heavy atom.